The molecule has 19 heavy (non-hydrogen) atoms. The van der Waals surface area contributed by atoms with Gasteiger partial charge in [-0.3, -0.25) is 4.79 Å². The first kappa shape index (κ1) is 13.3. The van der Waals surface area contributed by atoms with Crippen LogP contribution in [0.4, 0.5) is 0 Å². The molecule has 0 saturated heterocycles. The van der Waals surface area contributed by atoms with Crippen molar-refractivity contribution >= 4 is 11.4 Å². The number of aryl methyl sites for hydroxylation is 1. The van der Waals surface area contributed by atoms with E-state index in [0.717, 1.165) is 22.3 Å². The summed E-state index contributed by atoms with van der Waals surface area (Å²) in [4.78, 5) is 11.6. The minimum absolute atomic E-state index is 0.174. The first-order valence-corrected chi connectivity index (χ1v) is 6.51. The van der Waals surface area contributed by atoms with Gasteiger partial charge in [-0.2, -0.15) is 0 Å². The number of carbonyl (C=O) groups is 1. The summed E-state index contributed by atoms with van der Waals surface area (Å²) < 4.78 is 0. The van der Waals surface area contributed by atoms with E-state index in [-0.39, 0.29) is 5.78 Å². The van der Waals surface area contributed by atoms with Crippen molar-refractivity contribution in [1.29, 1.82) is 0 Å². The Kier molecular flexibility index (Phi) is 3.96. The molecule has 0 aromatic heterocycles. The molecular formula is C18H18O. The van der Waals surface area contributed by atoms with Crippen molar-refractivity contribution in [3.63, 3.8) is 0 Å². The topological polar surface area (TPSA) is 17.1 Å². The van der Waals surface area contributed by atoms with Gasteiger partial charge in [0.1, 0.15) is 0 Å². The summed E-state index contributed by atoms with van der Waals surface area (Å²) in [5.74, 6) is 0.174. The second-order valence-corrected chi connectivity index (χ2v) is 4.70. The highest BCUT2D eigenvalue weighted by molar-refractivity contribution is 5.96. The molecule has 2 aromatic carbocycles. The lowest BCUT2D eigenvalue weighted by Crippen LogP contribution is -1.96. The molecule has 2 aromatic rings. The monoisotopic (exact) mass is 250 g/mol. The molecule has 96 valence electrons. The highest BCUT2D eigenvalue weighted by atomic mass is 16.1. The number of benzene rings is 2. The molecule has 0 aliphatic heterocycles. The van der Waals surface area contributed by atoms with Crippen molar-refractivity contribution in [2.45, 2.75) is 20.3 Å². The lowest BCUT2D eigenvalue weighted by Gasteiger charge is -2.07. The largest absolute Gasteiger partial charge is 0.294 e. The fourth-order valence-corrected chi connectivity index (χ4v) is 1.98. The Morgan fingerprint density at radius 2 is 1.32 bits per heavy atom. The Morgan fingerprint density at radius 1 is 0.895 bits per heavy atom. The highest BCUT2D eigenvalue weighted by Crippen LogP contribution is 2.22. The Balaban J connectivity index is 2.25. The van der Waals surface area contributed by atoms with Crippen LogP contribution in [0.15, 0.2) is 55.1 Å². The molecular weight excluding hydrogens is 232 g/mol. The summed E-state index contributed by atoms with van der Waals surface area (Å²) in [6.45, 7) is 8.08. The molecule has 0 saturated carbocycles. The lowest BCUT2D eigenvalue weighted by molar-refractivity contribution is 0.0988. The molecule has 1 nitrogen and oxygen atoms in total. The molecule has 0 bridgehead atoms. The third kappa shape index (κ3) is 3.00. The maximum absolute atomic E-state index is 11.6. The van der Waals surface area contributed by atoms with Gasteiger partial charge in [-0.1, -0.05) is 67.6 Å². The summed E-state index contributed by atoms with van der Waals surface area (Å²) >= 11 is 0. The smallest absolute Gasteiger partial charge is 0.162 e. The second-order valence-electron chi connectivity index (χ2n) is 4.70. The molecule has 0 atom stereocenters. The van der Waals surface area contributed by atoms with Gasteiger partial charge >= 0.3 is 0 Å². The van der Waals surface area contributed by atoms with Crippen LogP contribution in [-0.2, 0) is 0 Å². The third-order valence-corrected chi connectivity index (χ3v) is 3.28. The zero-order valence-electron chi connectivity index (χ0n) is 11.4. The minimum atomic E-state index is 0.174. The van der Waals surface area contributed by atoms with Crippen molar-refractivity contribution in [2.75, 3.05) is 0 Å². The van der Waals surface area contributed by atoms with E-state index in [2.05, 4.69) is 37.8 Å². The zero-order valence-corrected chi connectivity index (χ0v) is 11.4. The van der Waals surface area contributed by atoms with E-state index in [1.807, 2.05) is 31.2 Å². The summed E-state index contributed by atoms with van der Waals surface area (Å²) in [5.41, 5.74) is 5.15. The number of hydrogen-bond acceptors (Lipinski definition) is 1. The van der Waals surface area contributed by atoms with Crippen LogP contribution in [0.25, 0.3) is 5.57 Å². The SMILES string of the molecule is C=C(c1ccc(C)cc1)c1ccc(C(=O)CC)cc1. The van der Waals surface area contributed by atoms with Gasteiger partial charge < -0.3 is 0 Å². The number of carbonyl (C=O) groups excluding carboxylic acids is 1. The maximum atomic E-state index is 11.6. The molecule has 0 N–H and O–H groups in total. The average Bonchev–Trinajstić information content (AvgIpc) is 2.46. The number of rotatable bonds is 4. The van der Waals surface area contributed by atoms with Crippen LogP contribution >= 0.6 is 0 Å². The summed E-state index contributed by atoms with van der Waals surface area (Å²) in [6.07, 6.45) is 0.540. The molecule has 0 heterocycles. The Bertz CT molecular complexity index is 589. The van der Waals surface area contributed by atoms with Crippen molar-refractivity contribution in [2.24, 2.45) is 0 Å². The van der Waals surface area contributed by atoms with Gasteiger partial charge in [0.05, 0.1) is 0 Å². The molecule has 0 amide bonds. The molecule has 0 spiro atoms. The van der Waals surface area contributed by atoms with E-state index >= 15 is 0 Å². The van der Waals surface area contributed by atoms with Crippen molar-refractivity contribution in [1.82, 2.24) is 0 Å². The number of Topliss-reactive ketones (excluding diaryl/α,β-unsaturated/α-hetero) is 1. The fraction of sp³-hybridized carbons (Fsp3) is 0.167. The van der Waals surface area contributed by atoms with Crippen LogP contribution in [0.1, 0.15) is 40.4 Å². The standard InChI is InChI=1S/C18H18O/c1-4-18(19)17-11-9-16(10-12-17)14(3)15-7-5-13(2)6-8-15/h5-12H,3-4H2,1-2H3. The maximum Gasteiger partial charge on any atom is 0.162 e. The zero-order chi connectivity index (χ0) is 13.8. The van der Waals surface area contributed by atoms with Gasteiger partial charge in [0, 0.05) is 12.0 Å². The highest BCUT2D eigenvalue weighted by Gasteiger charge is 2.05. The molecule has 0 unspecified atom stereocenters. The van der Waals surface area contributed by atoms with Gasteiger partial charge in [0.25, 0.3) is 0 Å². The molecule has 1 heteroatoms. The van der Waals surface area contributed by atoms with E-state index in [1.165, 1.54) is 5.56 Å². The van der Waals surface area contributed by atoms with Crippen LogP contribution < -0.4 is 0 Å². The van der Waals surface area contributed by atoms with Crippen LogP contribution in [0, 0.1) is 6.92 Å². The summed E-state index contributed by atoms with van der Waals surface area (Å²) in [5, 5.41) is 0. The fourth-order valence-electron chi connectivity index (χ4n) is 1.98. The van der Waals surface area contributed by atoms with Gasteiger partial charge in [-0.25, -0.2) is 0 Å². The van der Waals surface area contributed by atoms with Crippen molar-refractivity contribution in [3.8, 4) is 0 Å². The average molecular weight is 250 g/mol. The Morgan fingerprint density at radius 3 is 1.79 bits per heavy atom. The first-order valence-electron chi connectivity index (χ1n) is 6.51. The van der Waals surface area contributed by atoms with Crippen molar-refractivity contribution in [3.05, 3.63) is 77.4 Å². The second kappa shape index (κ2) is 5.66. The number of hydrogen-bond donors (Lipinski definition) is 0. The predicted octanol–water partition coefficient (Wildman–Crippen LogP) is 4.65. The minimum Gasteiger partial charge on any atom is -0.294 e. The van der Waals surface area contributed by atoms with Crippen LogP contribution in [0.5, 0.6) is 0 Å². The van der Waals surface area contributed by atoms with Gasteiger partial charge in [-0.05, 0) is 23.6 Å². The number of ketones is 1. The quantitative estimate of drug-likeness (QED) is 0.722. The van der Waals surface area contributed by atoms with Crippen molar-refractivity contribution < 1.29 is 4.79 Å². The predicted molar refractivity (Wildman–Crippen MR) is 80.4 cm³/mol. The van der Waals surface area contributed by atoms with Gasteiger partial charge in [0.15, 0.2) is 5.78 Å². The van der Waals surface area contributed by atoms with Crippen LogP contribution in [-0.4, -0.2) is 5.78 Å². The third-order valence-electron chi connectivity index (χ3n) is 3.28. The Hall–Kier alpha value is -2.15. The summed E-state index contributed by atoms with van der Waals surface area (Å²) in [7, 11) is 0. The molecule has 0 aliphatic carbocycles. The lowest BCUT2D eigenvalue weighted by atomic mass is 9.97. The van der Waals surface area contributed by atoms with Crippen LogP contribution in [0.3, 0.4) is 0 Å². The van der Waals surface area contributed by atoms with Crippen LogP contribution in [0.2, 0.25) is 0 Å². The van der Waals surface area contributed by atoms with E-state index < -0.39 is 0 Å². The van der Waals surface area contributed by atoms with Gasteiger partial charge in [-0.15, -0.1) is 0 Å². The van der Waals surface area contributed by atoms with E-state index in [4.69, 9.17) is 0 Å². The first-order chi connectivity index (χ1) is 9.11. The molecule has 0 fully saturated rings. The van der Waals surface area contributed by atoms with E-state index in [0.29, 0.717) is 6.42 Å². The normalized spacial score (nSPS) is 10.2. The Labute approximate surface area is 114 Å². The summed E-state index contributed by atoms with van der Waals surface area (Å²) in [6, 6.07) is 16.0. The molecule has 0 aliphatic rings. The van der Waals surface area contributed by atoms with Gasteiger partial charge in [0.2, 0.25) is 0 Å². The molecule has 0 radical (unpaired) electrons. The van der Waals surface area contributed by atoms with E-state index in [9.17, 15) is 4.79 Å². The molecule has 2 rings (SSSR count). The van der Waals surface area contributed by atoms with E-state index in [1.54, 1.807) is 0 Å².